The third-order valence-corrected chi connectivity index (χ3v) is 5.13. The van der Waals surface area contributed by atoms with Crippen LogP contribution in [0.25, 0.3) is 0 Å². The molecule has 0 aromatic heterocycles. The Labute approximate surface area is 184 Å². The maximum absolute atomic E-state index is 13.1. The minimum Gasteiger partial charge on any atom is -0.493 e. The van der Waals surface area contributed by atoms with Crippen LogP contribution in [0.3, 0.4) is 0 Å². The number of amides is 4. The predicted octanol–water partition coefficient (Wildman–Crippen LogP) is 1.90. The minimum absolute atomic E-state index is 0.324. The van der Waals surface area contributed by atoms with Crippen molar-refractivity contribution in [2.45, 2.75) is 12.5 Å². The number of esters is 1. The van der Waals surface area contributed by atoms with Gasteiger partial charge in [0, 0.05) is 5.69 Å². The lowest BCUT2D eigenvalue weighted by atomic mass is 9.91. The Morgan fingerprint density at radius 2 is 1.66 bits per heavy atom. The molecule has 32 heavy (non-hydrogen) atoms. The van der Waals surface area contributed by atoms with E-state index in [4.69, 9.17) is 9.47 Å². The third kappa shape index (κ3) is 4.20. The van der Waals surface area contributed by atoms with Crippen molar-refractivity contribution in [2.24, 2.45) is 0 Å². The second kappa shape index (κ2) is 8.96. The zero-order valence-electron chi connectivity index (χ0n) is 18.1. The zero-order valence-corrected chi connectivity index (χ0v) is 18.1. The Morgan fingerprint density at radius 3 is 2.25 bits per heavy atom. The van der Waals surface area contributed by atoms with Crippen molar-refractivity contribution in [1.29, 1.82) is 0 Å². The van der Waals surface area contributed by atoms with E-state index in [2.05, 4.69) is 15.4 Å². The van der Waals surface area contributed by atoms with E-state index in [1.54, 1.807) is 25.1 Å². The molecule has 1 heterocycles. The standard InChI is InChI=1S/C22H23N3O7/c1-22(14-7-10-16(30-2)17(11-14)31-3)20(28)25(21(29)24-22)12-18(26)23-15-8-5-13(6-9-15)19(27)32-4/h5-11H,12H2,1-4H3,(H,23,26)(H,24,29). The molecule has 1 saturated heterocycles. The lowest BCUT2D eigenvalue weighted by Crippen LogP contribution is -2.42. The monoisotopic (exact) mass is 441 g/mol. The average Bonchev–Trinajstić information content (AvgIpc) is 3.02. The molecule has 10 nitrogen and oxygen atoms in total. The second-order valence-corrected chi connectivity index (χ2v) is 7.13. The molecular weight excluding hydrogens is 418 g/mol. The van der Waals surface area contributed by atoms with Gasteiger partial charge < -0.3 is 24.8 Å². The van der Waals surface area contributed by atoms with Gasteiger partial charge in [0.15, 0.2) is 11.5 Å². The van der Waals surface area contributed by atoms with Crippen LogP contribution in [0.15, 0.2) is 42.5 Å². The number of carbonyl (C=O) groups is 4. The summed E-state index contributed by atoms with van der Waals surface area (Å²) in [6.45, 7) is 1.07. The number of nitrogens with zero attached hydrogens (tertiary/aromatic N) is 1. The summed E-state index contributed by atoms with van der Waals surface area (Å²) in [6, 6.07) is 10.2. The highest BCUT2D eigenvalue weighted by Gasteiger charge is 2.49. The molecule has 168 valence electrons. The van der Waals surface area contributed by atoms with Gasteiger partial charge in [-0.15, -0.1) is 0 Å². The number of hydrogen-bond donors (Lipinski definition) is 2. The molecule has 1 unspecified atom stereocenters. The number of methoxy groups -OCH3 is 3. The molecule has 0 aliphatic carbocycles. The van der Waals surface area contributed by atoms with Crippen LogP contribution in [0.5, 0.6) is 11.5 Å². The predicted molar refractivity (Wildman–Crippen MR) is 114 cm³/mol. The molecule has 2 N–H and O–H groups in total. The van der Waals surface area contributed by atoms with Crippen molar-refractivity contribution < 1.29 is 33.4 Å². The maximum Gasteiger partial charge on any atom is 0.337 e. The number of imide groups is 1. The van der Waals surface area contributed by atoms with E-state index in [0.717, 1.165) is 4.90 Å². The van der Waals surface area contributed by atoms with Gasteiger partial charge in [-0.2, -0.15) is 0 Å². The Bertz CT molecular complexity index is 1070. The molecule has 1 aliphatic heterocycles. The molecule has 4 amide bonds. The second-order valence-electron chi connectivity index (χ2n) is 7.13. The number of urea groups is 1. The molecular formula is C22H23N3O7. The summed E-state index contributed by atoms with van der Waals surface area (Å²) in [6.07, 6.45) is 0. The first kappa shape index (κ1) is 22.6. The van der Waals surface area contributed by atoms with Gasteiger partial charge in [0.2, 0.25) is 5.91 Å². The molecule has 1 fully saturated rings. The van der Waals surface area contributed by atoms with E-state index in [-0.39, 0.29) is 0 Å². The molecule has 0 saturated carbocycles. The quantitative estimate of drug-likeness (QED) is 0.497. The number of nitrogens with one attached hydrogen (secondary N) is 2. The Balaban J connectivity index is 1.73. The largest absolute Gasteiger partial charge is 0.493 e. The minimum atomic E-state index is -1.38. The van der Waals surface area contributed by atoms with Gasteiger partial charge in [0.05, 0.1) is 26.9 Å². The smallest absolute Gasteiger partial charge is 0.337 e. The summed E-state index contributed by atoms with van der Waals surface area (Å²) in [5.41, 5.74) is -0.170. The van der Waals surface area contributed by atoms with E-state index in [1.807, 2.05) is 0 Å². The highest BCUT2D eigenvalue weighted by atomic mass is 16.5. The van der Waals surface area contributed by atoms with Gasteiger partial charge in [0.1, 0.15) is 12.1 Å². The number of anilines is 1. The Hall–Kier alpha value is -4.08. The lowest BCUT2D eigenvalue weighted by molar-refractivity contribution is -0.133. The van der Waals surface area contributed by atoms with Crippen LogP contribution >= 0.6 is 0 Å². The first-order valence-electron chi connectivity index (χ1n) is 9.58. The maximum atomic E-state index is 13.1. The van der Waals surface area contributed by atoms with Crippen LogP contribution in [0.4, 0.5) is 10.5 Å². The summed E-state index contributed by atoms with van der Waals surface area (Å²) >= 11 is 0. The molecule has 3 rings (SSSR count). The number of benzene rings is 2. The average molecular weight is 441 g/mol. The summed E-state index contributed by atoms with van der Waals surface area (Å²) < 4.78 is 15.1. The topological polar surface area (TPSA) is 123 Å². The van der Waals surface area contributed by atoms with Crippen LogP contribution in [-0.2, 0) is 19.9 Å². The van der Waals surface area contributed by atoms with Crippen molar-refractivity contribution >= 4 is 29.5 Å². The number of ether oxygens (including phenoxy) is 3. The number of hydrogen-bond acceptors (Lipinski definition) is 7. The first-order chi connectivity index (χ1) is 15.2. The first-order valence-corrected chi connectivity index (χ1v) is 9.58. The summed E-state index contributed by atoms with van der Waals surface area (Å²) in [5, 5.41) is 5.23. The number of carbonyl (C=O) groups excluding carboxylic acids is 4. The fourth-order valence-electron chi connectivity index (χ4n) is 3.34. The molecule has 0 radical (unpaired) electrons. The van der Waals surface area contributed by atoms with E-state index >= 15 is 0 Å². The molecule has 1 aliphatic rings. The molecule has 2 aromatic carbocycles. The van der Waals surface area contributed by atoms with Gasteiger partial charge in [-0.25, -0.2) is 9.59 Å². The number of rotatable bonds is 7. The normalized spacial score (nSPS) is 17.6. The molecule has 0 bridgehead atoms. The van der Waals surface area contributed by atoms with Crippen LogP contribution < -0.4 is 20.1 Å². The highest BCUT2D eigenvalue weighted by Crippen LogP contribution is 2.35. The fourth-order valence-corrected chi connectivity index (χ4v) is 3.34. The van der Waals surface area contributed by atoms with Gasteiger partial charge in [-0.1, -0.05) is 6.07 Å². The van der Waals surface area contributed by atoms with E-state index < -0.39 is 35.9 Å². The zero-order chi connectivity index (χ0) is 23.5. The summed E-state index contributed by atoms with van der Waals surface area (Å²) in [4.78, 5) is 50.4. The molecule has 0 spiro atoms. The van der Waals surface area contributed by atoms with Gasteiger partial charge >= 0.3 is 12.0 Å². The van der Waals surface area contributed by atoms with Crippen LogP contribution in [-0.4, -0.2) is 56.6 Å². The third-order valence-electron chi connectivity index (χ3n) is 5.13. The summed E-state index contributed by atoms with van der Waals surface area (Å²) in [5.74, 6) is -0.774. The van der Waals surface area contributed by atoms with Crippen molar-refractivity contribution in [1.82, 2.24) is 10.2 Å². The van der Waals surface area contributed by atoms with E-state index in [1.165, 1.54) is 45.6 Å². The van der Waals surface area contributed by atoms with Crippen molar-refractivity contribution in [3.63, 3.8) is 0 Å². The van der Waals surface area contributed by atoms with Gasteiger partial charge in [0.25, 0.3) is 5.91 Å². The van der Waals surface area contributed by atoms with Crippen molar-refractivity contribution in [2.75, 3.05) is 33.2 Å². The molecule has 10 heteroatoms. The lowest BCUT2D eigenvalue weighted by Gasteiger charge is -2.23. The molecule has 1 atom stereocenters. The fraction of sp³-hybridized carbons (Fsp3) is 0.273. The van der Waals surface area contributed by atoms with Gasteiger partial charge in [-0.3, -0.25) is 14.5 Å². The van der Waals surface area contributed by atoms with Crippen LogP contribution in [0.1, 0.15) is 22.8 Å². The van der Waals surface area contributed by atoms with E-state index in [0.29, 0.717) is 28.3 Å². The van der Waals surface area contributed by atoms with Gasteiger partial charge in [-0.05, 0) is 48.9 Å². The SMILES string of the molecule is COC(=O)c1ccc(NC(=O)CN2C(=O)NC(C)(c3ccc(OC)c(OC)c3)C2=O)cc1. The Morgan fingerprint density at radius 1 is 1.00 bits per heavy atom. The highest BCUT2D eigenvalue weighted by molar-refractivity contribution is 6.10. The summed E-state index contributed by atoms with van der Waals surface area (Å²) in [7, 11) is 4.23. The van der Waals surface area contributed by atoms with Crippen LogP contribution in [0.2, 0.25) is 0 Å². The Kier molecular flexibility index (Phi) is 6.33. The van der Waals surface area contributed by atoms with Crippen molar-refractivity contribution in [3.8, 4) is 11.5 Å². The molecule has 2 aromatic rings. The van der Waals surface area contributed by atoms with Crippen molar-refractivity contribution in [3.05, 3.63) is 53.6 Å². The van der Waals surface area contributed by atoms with Crippen LogP contribution in [0, 0.1) is 0 Å². The van der Waals surface area contributed by atoms with E-state index in [9.17, 15) is 19.2 Å².